The maximum Gasteiger partial charge on any atom is 0.251 e. The van der Waals surface area contributed by atoms with E-state index in [-0.39, 0.29) is 23.9 Å². The van der Waals surface area contributed by atoms with Crippen molar-refractivity contribution < 1.29 is 9.59 Å². The second-order valence-corrected chi connectivity index (χ2v) is 10.2. The summed E-state index contributed by atoms with van der Waals surface area (Å²) in [5.41, 5.74) is 4.13. The number of aryl methyl sites for hydroxylation is 1. The molecule has 4 heterocycles. The third-order valence-corrected chi connectivity index (χ3v) is 7.47. The standard InChI is InChI=1S/C27H30N6O2S/c1-3-28-27(35)24-9-7-20(15-33(24)16-21-5-4-12-36-21)30-26(34)19-6-8-23-22(14-19)25(32-31-23)18-10-11-29-17(2)13-18/h4-6,8,10-14,20,24H,3,7,9,15-16H2,1-2H3,(H,28,35)(H,30,34)(H,31,32)/t20-,24+/m1/s1. The third kappa shape index (κ3) is 5.17. The van der Waals surface area contributed by atoms with E-state index in [4.69, 9.17) is 0 Å². The molecule has 0 spiro atoms. The van der Waals surface area contributed by atoms with Gasteiger partial charge in [0.05, 0.1) is 11.6 Å². The van der Waals surface area contributed by atoms with E-state index in [9.17, 15) is 9.59 Å². The van der Waals surface area contributed by atoms with Gasteiger partial charge in [0.15, 0.2) is 0 Å². The van der Waals surface area contributed by atoms with Crippen molar-refractivity contribution in [1.29, 1.82) is 0 Å². The van der Waals surface area contributed by atoms with Gasteiger partial charge in [-0.2, -0.15) is 5.10 Å². The van der Waals surface area contributed by atoms with Gasteiger partial charge in [0, 0.05) is 59.0 Å². The molecule has 0 aliphatic carbocycles. The zero-order valence-electron chi connectivity index (χ0n) is 20.5. The number of nitrogens with one attached hydrogen (secondary N) is 3. The van der Waals surface area contributed by atoms with Crippen LogP contribution in [0.3, 0.4) is 0 Å². The highest BCUT2D eigenvalue weighted by Crippen LogP contribution is 2.28. The number of aromatic amines is 1. The zero-order valence-corrected chi connectivity index (χ0v) is 21.3. The molecule has 1 aliphatic rings. The van der Waals surface area contributed by atoms with Crippen LogP contribution in [0, 0.1) is 6.92 Å². The number of rotatable bonds is 7. The number of thiophene rings is 1. The Labute approximate surface area is 214 Å². The predicted octanol–water partition coefficient (Wildman–Crippen LogP) is 3.89. The highest BCUT2D eigenvalue weighted by atomic mass is 32.1. The molecule has 1 fully saturated rings. The molecule has 0 unspecified atom stereocenters. The highest BCUT2D eigenvalue weighted by molar-refractivity contribution is 7.09. The molecule has 186 valence electrons. The molecular formula is C27H30N6O2S. The number of hydrogen-bond donors (Lipinski definition) is 3. The van der Waals surface area contributed by atoms with Gasteiger partial charge in [0.2, 0.25) is 5.91 Å². The van der Waals surface area contributed by atoms with Gasteiger partial charge in [-0.3, -0.25) is 24.6 Å². The van der Waals surface area contributed by atoms with Crippen LogP contribution >= 0.6 is 11.3 Å². The number of likely N-dealkylation sites (tertiary alicyclic amines) is 1. The summed E-state index contributed by atoms with van der Waals surface area (Å²) in [6.07, 6.45) is 3.22. The van der Waals surface area contributed by atoms with Crippen molar-refractivity contribution in [3.8, 4) is 11.3 Å². The molecule has 3 N–H and O–H groups in total. The molecule has 4 aromatic rings. The number of hydrogen-bond acceptors (Lipinski definition) is 6. The lowest BCUT2D eigenvalue weighted by Crippen LogP contribution is -2.56. The molecule has 0 saturated carbocycles. The smallest absolute Gasteiger partial charge is 0.251 e. The van der Waals surface area contributed by atoms with Gasteiger partial charge in [0.25, 0.3) is 5.91 Å². The van der Waals surface area contributed by atoms with Crippen LogP contribution in [0.1, 0.15) is 40.7 Å². The fourth-order valence-electron chi connectivity index (χ4n) is 4.86. The molecule has 8 nitrogen and oxygen atoms in total. The summed E-state index contributed by atoms with van der Waals surface area (Å²) in [5.74, 6) is -0.0596. The molecule has 1 aromatic carbocycles. The van der Waals surface area contributed by atoms with E-state index in [0.29, 0.717) is 31.6 Å². The number of fused-ring (bicyclic) bond motifs is 1. The molecule has 3 aromatic heterocycles. The molecule has 9 heteroatoms. The summed E-state index contributed by atoms with van der Waals surface area (Å²) in [7, 11) is 0. The van der Waals surface area contributed by atoms with E-state index in [2.05, 4.69) is 36.8 Å². The van der Waals surface area contributed by atoms with Crippen molar-refractivity contribution in [2.24, 2.45) is 0 Å². The normalized spacial score (nSPS) is 18.3. The van der Waals surface area contributed by atoms with Gasteiger partial charge in [-0.1, -0.05) is 6.07 Å². The van der Waals surface area contributed by atoms with Crippen LogP contribution in [0.4, 0.5) is 0 Å². The second kappa shape index (κ2) is 10.6. The molecule has 1 aliphatic heterocycles. The van der Waals surface area contributed by atoms with Crippen molar-refractivity contribution in [3.63, 3.8) is 0 Å². The van der Waals surface area contributed by atoms with Crippen molar-refractivity contribution in [1.82, 2.24) is 30.7 Å². The third-order valence-electron chi connectivity index (χ3n) is 6.61. The SMILES string of the molecule is CCNC(=O)[C@@H]1CC[C@@H](NC(=O)c2ccc3[nH]nc(-c4ccnc(C)c4)c3c2)CN1Cc1cccs1. The second-order valence-electron chi connectivity index (χ2n) is 9.19. The predicted molar refractivity (Wildman–Crippen MR) is 142 cm³/mol. The Morgan fingerprint density at radius 3 is 2.86 bits per heavy atom. The lowest BCUT2D eigenvalue weighted by atomic mass is 9.96. The molecule has 2 amide bonds. The highest BCUT2D eigenvalue weighted by Gasteiger charge is 2.33. The van der Waals surface area contributed by atoms with Crippen LogP contribution in [-0.4, -0.2) is 57.1 Å². The number of aromatic nitrogens is 3. The number of amides is 2. The summed E-state index contributed by atoms with van der Waals surface area (Å²) in [6, 6.07) is 13.4. The molecule has 2 atom stereocenters. The van der Waals surface area contributed by atoms with Crippen molar-refractivity contribution in [3.05, 3.63) is 70.2 Å². The molecule has 5 rings (SSSR count). The van der Waals surface area contributed by atoms with Gasteiger partial charge in [0.1, 0.15) is 5.69 Å². The van der Waals surface area contributed by atoms with Gasteiger partial charge in [-0.15, -0.1) is 11.3 Å². The Bertz CT molecular complexity index is 1370. The fraction of sp³-hybridized carbons (Fsp3) is 0.333. The number of benzene rings is 1. The first kappa shape index (κ1) is 24.1. The van der Waals surface area contributed by atoms with Crippen molar-refractivity contribution in [2.75, 3.05) is 13.1 Å². The van der Waals surface area contributed by atoms with Crippen molar-refractivity contribution >= 4 is 34.1 Å². The largest absolute Gasteiger partial charge is 0.355 e. The minimum absolute atomic E-state index is 0.0366. The maximum absolute atomic E-state index is 13.3. The molecular weight excluding hydrogens is 472 g/mol. The van der Waals surface area contributed by atoms with Gasteiger partial charge in [-0.05, 0) is 68.5 Å². The molecule has 1 saturated heterocycles. The Morgan fingerprint density at radius 2 is 2.08 bits per heavy atom. The molecule has 36 heavy (non-hydrogen) atoms. The number of carbonyl (C=O) groups excluding carboxylic acids is 2. The first-order chi connectivity index (χ1) is 17.5. The summed E-state index contributed by atoms with van der Waals surface area (Å²) < 4.78 is 0. The minimum atomic E-state index is -0.186. The Hall–Kier alpha value is -3.56. The number of carbonyl (C=O) groups is 2. The topological polar surface area (TPSA) is 103 Å². The summed E-state index contributed by atoms with van der Waals surface area (Å²) >= 11 is 1.68. The number of H-pyrrole nitrogens is 1. The van der Waals surface area contributed by atoms with Crippen molar-refractivity contribution in [2.45, 2.75) is 45.3 Å². The summed E-state index contributed by atoms with van der Waals surface area (Å²) in [4.78, 5) is 33.6. The van der Waals surface area contributed by atoms with E-state index in [0.717, 1.165) is 34.3 Å². The average molecular weight is 503 g/mol. The first-order valence-corrected chi connectivity index (χ1v) is 13.2. The maximum atomic E-state index is 13.3. The minimum Gasteiger partial charge on any atom is -0.355 e. The van der Waals surface area contributed by atoms with Crippen LogP contribution in [0.2, 0.25) is 0 Å². The first-order valence-electron chi connectivity index (χ1n) is 12.3. The van der Waals surface area contributed by atoms with E-state index < -0.39 is 0 Å². The van der Waals surface area contributed by atoms with Crippen LogP contribution in [-0.2, 0) is 11.3 Å². The molecule has 0 radical (unpaired) electrons. The van der Waals surface area contributed by atoms with Crippen LogP contribution in [0.15, 0.2) is 54.0 Å². The lowest BCUT2D eigenvalue weighted by molar-refractivity contribution is -0.128. The number of nitrogens with zero attached hydrogens (tertiary/aromatic N) is 3. The van der Waals surface area contributed by atoms with Crippen LogP contribution in [0.25, 0.3) is 22.2 Å². The Morgan fingerprint density at radius 1 is 1.19 bits per heavy atom. The van der Waals surface area contributed by atoms with Gasteiger partial charge in [-0.25, -0.2) is 0 Å². The van der Waals surface area contributed by atoms with E-state index >= 15 is 0 Å². The Balaban J connectivity index is 1.33. The van der Waals surface area contributed by atoms with E-state index in [1.54, 1.807) is 17.5 Å². The molecule has 0 bridgehead atoms. The summed E-state index contributed by atoms with van der Waals surface area (Å²) in [5, 5.41) is 16.7. The van der Waals surface area contributed by atoms with Gasteiger partial charge < -0.3 is 10.6 Å². The fourth-order valence-corrected chi connectivity index (χ4v) is 5.59. The van der Waals surface area contributed by atoms with E-state index in [1.807, 2.05) is 55.6 Å². The van der Waals surface area contributed by atoms with E-state index in [1.165, 1.54) is 4.88 Å². The lowest BCUT2D eigenvalue weighted by Gasteiger charge is -2.38. The number of pyridine rings is 1. The van der Waals surface area contributed by atoms with Crippen LogP contribution < -0.4 is 10.6 Å². The number of piperidine rings is 1. The average Bonchev–Trinajstić information content (AvgIpc) is 3.54. The quantitative estimate of drug-likeness (QED) is 0.356. The zero-order chi connectivity index (χ0) is 25.1. The van der Waals surface area contributed by atoms with Crippen LogP contribution in [0.5, 0.6) is 0 Å². The number of likely N-dealkylation sites (N-methyl/N-ethyl adjacent to an activating group) is 1. The Kier molecular flexibility index (Phi) is 7.11. The monoisotopic (exact) mass is 502 g/mol. The summed E-state index contributed by atoms with van der Waals surface area (Å²) in [6.45, 7) is 5.81. The van der Waals surface area contributed by atoms with Gasteiger partial charge >= 0.3 is 0 Å².